The highest BCUT2D eigenvalue weighted by Crippen LogP contribution is 2.33. The molecule has 6 heteroatoms. The van der Waals surface area contributed by atoms with Gasteiger partial charge in [-0.15, -0.1) is 5.10 Å². The number of carbonyl (C=O) groups excluding carboxylic acids is 1. The third kappa shape index (κ3) is 3.35. The molecule has 3 aromatic rings. The fraction of sp³-hybridized carbons (Fsp3) is 0.333. The first-order chi connectivity index (χ1) is 12.9. The Kier molecular flexibility index (Phi) is 4.26. The molecule has 0 fully saturated rings. The summed E-state index contributed by atoms with van der Waals surface area (Å²) in [7, 11) is 0. The summed E-state index contributed by atoms with van der Waals surface area (Å²) in [5, 5.41) is 8.04. The van der Waals surface area contributed by atoms with Crippen molar-refractivity contribution >= 4 is 17.3 Å². The number of Topliss-reactive ketones (excluding diaryl/α,β-unsaturated/α-hetero) is 1. The van der Waals surface area contributed by atoms with Crippen LogP contribution < -0.4 is 5.32 Å². The van der Waals surface area contributed by atoms with E-state index in [1.54, 1.807) is 4.68 Å². The molecular weight excluding hydrogens is 338 g/mol. The van der Waals surface area contributed by atoms with Crippen molar-refractivity contribution in [3.05, 3.63) is 58.5 Å². The highest BCUT2D eigenvalue weighted by molar-refractivity contribution is 6.03. The van der Waals surface area contributed by atoms with Crippen molar-refractivity contribution in [3.8, 4) is 5.95 Å². The molecule has 0 saturated carbocycles. The number of carbonyl (C=O) groups is 1. The molecule has 2 aromatic heterocycles. The van der Waals surface area contributed by atoms with Gasteiger partial charge in [0.15, 0.2) is 11.6 Å². The van der Waals surface area contributed by atoms with Gasteiger partial charge in [-0.2, -0.15) is 0 Å². The van der Waals surface area contributed by atoms with Gasteiger partial charge in [-0.3, -0.25) is 4.79 Å². The molecule has 27 heavy (non-hydrogen) atoms. The molecule has 1 aliphatic rings. The Morgan fingerprint density at radius 2 is 1.81 bits per heavy atom. The van der Waals surface area contributed by atoms with E-state index < -0.39 is 0 Å². The number of anilines is 2. The van der Waals surface area contributed by atoms with Gasteiger partial charge in [0, 0.05) is 23.5 Å². The van der Waals surface area contributed by atoms with Gasteiger partial charge in [0.25, 0.3) is 5.95 Å². The average molecular weight is 361 g/mol. The zero-order valence-electron chi connectivity index (χ0n) is 16.1. The van der Waals surface area contributed by atoms with E-state index in [1.165, 1.54) is 0 Å². The van der Waals surface area contributed by atoms with Crippen LogP contribution in [0.3, 0.4) is 0 Å². The zero-order valence-corrected chi connectivity index (χ0v) is 16.1. The minimum absolute atomic E-state index is 0.120. The maximum Gasteiger partial charge on any atom is 0.251 e. The van der Waals surface area contributed by atoms with E-state index >= 15 is 0 Å². The maximum atomic E-state index is 12.8. The first-order valence-electron chi connectivity index (χ1n) is 9.22. The van der Waals surface area contributed by atoms with Crippen LogP contribution in [0.2, 0.25) is 0 Å². The van der Waals surface area contributed by atoms with E-state index in [9.17, 15) is 4.79 Å². The Hall–Kier alpha value is -3.02. The number of rotatable bonds is 3. The van der Waals surface area contributed by atoms with Gasteiger partial charge in [-0.1, -0.05) is 19.1 Å². The Labute approximate surface area is 158 Å². The monoisotopic (exact) mass is 361 g/mol. The molecule has 0 spiro atoms. The van der Waals surface area contributed by atoms with Gasteiger partial charge >= 0.3 is 0 Å². The molecule has 1 aliphatic carbocycles. The molecule has 1 N–H and O–H groups in total. The molecule has 0 bridgehead atoms. The van der Waals surface area contributed by atoms with E-state index in [2.05, 4.69) is 22.2 Å². The van der Waals surface area contributed by atoms with Crippen molar-refractivity contribution in [3.63, 3.8) is 0 Å². The van der Waals surface area contributed by atoms with Crippen LogP contribution in [0.15, 0.2) is 30.3 Å². The topological polar surface area (TPSA) is 72.7 Å². The summed E-state index contributed by atoms with van der Waals surface area (Å²) in [4.78, 5) is 21.9. The van der Waals surface area contributed by atoms with E-state index in [1.807, 2.05) is 51.1 Å². The Bertz CT molecular complexity index is 1020. The highest BCUT2D eigenvalue weighted by atomic mass is 16.1. The summed E-state index contributed by atoms with van der Waals surface area (Å²) < 4.78 is 1.74. The van der Waals surface area contributed by atoms with Crippen LogP contribution in [0.4, 0.5) is 11.5 Å². The van der Waals surface area contributed by atoms with Crippen LogP contribution in [0.1, 0.15) is 46.3 Å². The van der Waals surface area contributed by atoms with E-state index in [4.69, 9.17) is 5.10 Å². The summed E-state index contributed by atoms with van der Waals surface area (Å²) in [6, 6.07) is 9.96. The number of nitrogens with zero attached hydrogens (tertiary/aromatic N) is 4. The van der Waals surface area contributed by atoms with Crippen molar-refractivity contribution in [2.45, 2.75) is 40.5 Å². The molecule has 0 amide bonds. The van der Waals surface area contributed by atoms with Crippen molar-refractivity contribution in [2.75, 3.05) is 5.32 Å². The number of hydrogen-bond acceptors (Lipinski definition) is 5. The Morgan fingerprint density at radius 1 is 1.07 bits per heavy atom. The molecule has 0 saturated heterocycles. The number of aryl methyl sites for hydroxylation is 3. The number of benzene rings is 1. The molecule has 6 nitrogen and oxygen atoms in total. The van der Waals surface area contributed by atoms with Gasteiger partial charge in [0.2, 0.25) is 0 Å². The second kappa shape index (κ2) is 6.61. The van der Waals surface area contributed by atoms with Crippen LogP contribution in [0.5, 0.6) is 0 Å². The minimum Gasteiger partial charge on any atom is -0.338 e. The van der Waals surface area contributed by atoms with Gasteiger partial charge < -0.3 is 5.32 Å². The Morgan fingerprint density at radius 3 is 2.52 bits per heavy atom. The van der Waals surface area contributed by atoms with Crippen LogP contribution in [0, 0.1) is 26.7 Å². The van der Waals surface area contributed by atoms with Crippen molar-refractivity contribution in [1.82, 2.24) is 19.7 Å². The van der Waals surface area contributed by atoms with Gasteiger partial charge in [-0.25, -0.2) is 14.6 Å². The van der Waals surface area contributed by atoms with Crippen LogP contribution in [-0.2, 0) is 6.42 Å². The van der Waals surface area contributed by atoms with Gasteiger partial charge in [0.1, 0.15) is 0 Å². The second-order valence-electron chi connectivity index (χ2n) is 7.46. The number of nitrogens with one attached hydrogen (secondary N) is 1. The summed E-state index contributed by atoms with van der Waals surface area (Å²) in [6.45, 7) is 8.01. The predicted molar refractivity (Wildman–Crippen MR) is 105 cm³/mol. The molecule has 1 unspecified atom stereocenters. The van der Waals surface area contributed by atoms with Crippen molar-refractivity contribution in [2.24, 2.45) is 5.92 Å². The molecule has 0 radical (unpaired) electrons. The quantitative estimate of drug-likeness (QED) is 0.760. The smallest absolute Gasteiger partial charge is 0.251 e. The normalized spacial score (nSPS) is 16.3. The fourth-order valence-electron chi connectivity index (χ4n) is 3.67. The van der Waals surface area contributed by atoms with Crippen molar-refractivity contribution < 1.29 is 4.79 Å². The molecule has 4 rings (SSSR count). The third-order valence-corrected chi connectivity index (χ3v) is 4.78. The van der Waals surface area contributed by atoms with Crippen LogP contribution in [-0.4, -0.2) is 25.5 Å². The zero-order chi connectivity index (χ0) is 19.1. The number of fused-ring (bicyclic) bond motifs is 1. The second-order valence-corrected chi connectivity index (χ2v) is 7.46. The lowest BCUT2D eigenvalue weighted by Gasteiger charge is -2.19. The molecule has 2 heterocycles. The Balaban J connectivity index is 1.86. The molecule has 0 aliphatic heterocycles. The van der Waals surface area contributed by atoms with Gasteiger partial charge in [-0.05, 0) is 56.9 Å². The molecule has 1 atom stereocenters. The first-order valence-corrected chi connectivity index (χ1v) is 9.22. The lowest BCUT2D eigenvalue weighted by atomic mass is 9.88. The summed E-state index contributed by atoms with van der Waals surface area (Å²) >= 11 is 0. The first kappa shape index (κ1) is 17.4. The molecule has 1 aromatic carbocycles. The number of hydrogen-bond donors (Lipinski definition) is 1. The summed E-state index contributed by atoms with van der Waals surface area (Å²) in [5.74, 6) is 1.49. The SMILES string of the molecule is Cc1cccc(Nc2nn(-c3nc(C)cc(C)n3)c3c2C(=O)CC(C)C3)c1. The van der Waals surface area contributed by atoms with E-state index in [0.29, 0.717) is 23.8 Å². The van der Waals surface area contributed by atoms with Gasteiger partial charge in [0.05, 0.1) is 11.3 Å². The third-order valence-electron chi connectivity index (χ3n) is 4.78. The largest absolute Gasteiger partial charge is 0.338 e. The van der Waals surface area contributed by atoms with Crippen LogP contribution >= 0.6 is 0 Å². The minimum atomic E-state index is 0.120. The lowest BCUT2D eigenvalue weighted by Crippen LogP contribution is -2.20. The lowest BCUT2D eigenvalue weighted by molar-refractivity contribution is 0.0953. The fourth-order valence-corrected chi connectivity index (χ4v) is 3.67. The number of aromatic nitrogens is 4. The predicted octanol–water partition coefficient (Wildman–Crippen LogP) is 4.10. The average Bonchev–Trinajstić information content (AvgIpc) is 2.92. The van der Waals surface area contributed by atoms with Crippen LogP contribution in [0.25, 0.3) is 5.95 Å². The highest BCUT2D eigenvalue weighted by Gasteiger charge is 2.31. The number of ketones is 1. The summed E-state index contributed by atoms with van der Waals surface area (Å²) in [5.41, 5.74) is 5.37. The van der Waals surface area contributed by atoms with E-state index in [-0.39, 0.29) is 11.7 Å². The maximum absolute atomic E-state index is 12.8. The standard InChI is InChI=1S/C21H23N5O/c1-12-6-5-7-16(8-12)24-20-19-17(9-13(2)10-18(19)27)26(25-20)21-22-14(3)11-15(4)23-21/h5-8,11,13H,9-10H2,1-4H3,(H,24,25). The van der Waals surface area contributed by atoms with E-state index in [0.717, 1.165) is 34.8 Å². The summed E-state index contributed by atoms with van der Waals surface area (Å²) in [6.07, 6.45) is 1.31. The molecular formula is C21H23N5O. The van der Waals surface area contributed by atoms with Crippen molar-refractivity contribution in [1.29, 1.82) is 0 Å². The molecule has 138 valence electrons.